The molecule has 13 nitrogen and oxygen atoms in total. The molecule has 0 fully saturated rings. The fraction of sp³-hybridized carbons (Fsp3) is 0.857. The molecule has 0 aliphatic rings. The second kappa shape index (κ2) is 15.4. The van der Waals surface area contributed by atoms with E-state index in [-0.39, 0.29) is 39.1 Å². The van der Waals surface area contributed by atoms with E-state index in [0.29, 0.717) is 0 Å². The molecule has 0 N–H and O–H groups in total. The Labute approximate surface area is 244 Å². The van der Waals surface area contributed by atoms with E-state index in [9.17, 15) is 29.3 Å². The van der Waals surface area contributed by atoms with Crippen LogP contribution in [0.3, 0.4) is 0 Å². The molecular formula is C28H51N3O10. The number of carbonyl (C=O) groups is 4. The van der Waals surface area contributed by atoms with Crippen molar-refractivity contribution < 1.29 is 43.0 Å². The van der Waals surface area contributed by atoms with Crippen molar-refractivity contribution in [3.05, 3.63) is 10.1 Å². The number of nitro groups is 1. The molecular weight excluding hydrogens is 538 g/mol. The van der Waals surface area contributed by atoms with Crippen molar-refractivity contribution in [1.82, 2.24) is 9.80 Å². The van der Waals surface area contributed by atoms with Gasteiger partial charge in [-0.15, -0.1) is 0 Å². The standard InChI is InChI=1S/C28H51N3O10/c1-25(2,3)38-21(32)17-29(18-22(33)39-26(4,5)6)15-16-30(19-23(34)40-27(7,8)9)20(13-14-31(36)37)24(35)41-28(10,11)12/h20H,13-19H2,1-12H3. The van der Waals surface area contributed by atoms with Crippen LogP contribution in [0.1, 0.15) is 89.5 Å². The Morgan fingerprint density at radius 3 is 1.34 bits per heavy atom. The van der Waals surface area contributed by atoms with Gasteiger partial charge in [-0.3, -0.25) is 39.1 Å². The Morgan fingerprint density at radius 1 is 0.634 bits per heavy atom. The highest BCUT2D eigenvalue weighted by atomic mass is 16.6. The number of hydrogen-bond acceptors (Lipinski definition) is 12. The van der Waals surface area contributed by atoms with Crippen molar-refractivity contribution in [2.45, 2.75) is 118 Å². The maximum Gasteiger partial charge on any atom is 0.324 e. The lowest BCUT2D eigenvalue weighted by molar-refractivity contribution is -0.481. The van der Waals surface area contributed by atoms with Gasteiger partial charge in [-0.2, -0.15) is 0 Å². The fourth-order valence-electron chi connectivity index (χ4n) is 3.53. The molecule has 13 heteroatoms. The maximum atomic E-state index is 13.2. The third kappa shape index (κ3) is 20.7. The predicted molar refractivity (Wildman–Crippen MR) is 152 cm³/mol. The quantitative estimate of drug-likeness (QED) is 0.127. The third-order valence-corrected chi connectivity index (χ3v) is 4.71. The van der Waals surface area contributed by atoms with Gasteiger partial charge < -0.3 is 18.9 Å². The minimum atomic E-state index is -1.17. The van der Waals surface area contributed by atoms with E-state index in [1.165, 1.54) is 9.80 Å². The van der Waals surface area contributed by atoms with Crippen LogP contribution in [0.2, 0.25) is 0 Å². The van der Waals surface area contributed by atoms with Gasteiger partial charge in [0.1, 0.15) is 28.4 Å². The van der Waals surface area contributed by atoms with Crippen molar-refractivity contribution in [1.29, 1.82) is 0 Å². The molecule has 0 saturated heterocycles. The van der Waals surface area contributed by atoms with Crippen molar-refractivity contribution >= 4 is 23.9 Å². The van der Waals surface area contributed by atoms with Crippen LogP contribution in [0, 0.1) is 10.1 Å². The Kier molecular flexibility index (Phi) is 14.4. The van der Waals surface area contributed by atoms with Gasteiger partial charge in [-0.05, 0) is 83.1 Å². The zero-order chi connectivity index (χ0) is 32.4. The summed E-state index contributed by atoms with van der Waals surface area (Å²) in [4.78, 5) is 64.8. The summed E-state index contributed by atoms with van der Waals surface area (Å²) in [7, 11) is 0. The topological polar surface area (TPSA) is 155 Å². The normalized spacial score (nSPS) is 13.5. The maximum absolute atomic E-state index is 13.2. The van der Waals surface area contributed by atoms with Crippen LogP contribution in [-0.2, 0) is 38.1 Å². The number of nitrogens with zero attached hydrogens (tertiary/aromatic N) is 3. The number of ether oxygens (including phenoxy) is 4. The highest BCUT2D eigenvalue weighted by Crippen LogP contribution is 2.17. The molecule has 0 amide bonds. The molecule has 0 heterocycles. The van der Waals surface area contributed by atoms with Crippen molar-refractivity contribution in [3.8, 4) is 0 Å². The minimum absolute atomic E-state index is 0.0129. The van der Waals surface area contributed by atoms with E-state index in [1.54, 1.807) is 83.1 Å². The van der Waals surface area contributed by atoms with Crippen LogP contribution in [0.15, 0.2) is 0 Å². The molecule has 0 bridgehead atoms. The first-order valence-corrected chi connectivity index (χ1v) is 13.7. The molecule has 1 atom stereocenters. The molecule has 0 radical (unpaired) electrons. The minimum Gasteiger partial charge on any atom is -0.459 e. The molecule has 41 heavy (non-hydrogen) atoms. The predicted octanol–water partition coefficient (Wildman–Crippen LogP) is 2.99. The highest BCUT2D eigenvalue weighted by molar-refractivity contribution is 5.78. The first kappa shape index (κ1) is 38.2. The molecule has 0 aromatic heterocycles. The second-order valence-corrected chi connectivity index (χ2v) is 13.8. The lowest BCUT2D eigenvalue weighted by Gasteiger charge is -2.33. The summed E-state index contributed by atoms with van der Waals surface area (Å²) in [5.41, 5.74) is -3.23. The van der Waals surface area contributed by atoms with E-state index in [4.69, 9.17) is 18.9 Å². The first-order valence-electron chi connectivity index (χ1n) is 13.7. The van der Waals surface area contributed by atoms with E-state index in [0.717, 1.165) is 0 Å². The lowest BCUT2D eigenvalue weighted by atomic mass is 10.1. The van der Waals surface area contributed by atoms with Crippen LogP contribution in [0.5, 0.6) is 0 Å². The third-order valence-electron chi connectivity index (χ3n) is 4.71. The van der Waals surface area contributed by atoms with Crippen LogP contribution in [0.25, 0.3) is 0 Å². The Balaban J connectivity index is 6.22. The highest BCUT2D eigenvalue weighted by Gasteiger charge is 2.34. The van der Waals surface area contributed by atoms with Gasteiger partial charge in [0.2, 0.25) is 6.54 Å². The molecule has 0 aliphatic heterocycles. The smallest absolute Gasteiger partial charge is 0.324 e. The molecule has 0 aromatic rings. The van der Waals surface area contributed by atoms with E-state index < -0.39 is 63.8 Å². The molecule has 0 aromatic carbocycles. The number of esters is 4. The monoisotopic (exact) mass is 589 g/mol. The van der Waals surface area contributed by atoms with E-state index in [1.807, 2.05) is 0 Å². The zero-order valence-electron chi connectivity index (χ0n) is 27.0. The van der Waals surface area contributed by atoms with E-state index in [2.05, 4.69) is 0 Å². The van der Waals surface area contributed by atoms with Gasteiger partial charge in [-0.1, -0.05) is 0 Å². The first-order chi connectivity index (χ1) is 18.3. The van der Waals surface area contributed by atoms with Gasteiger partial charge in [0.25, 0.3) is 0 Å². The summed E-state index contributed by atoms with van der Waals surface area (Å²) in [6.07, 6.45) is -0.233. The lowest BCUT2D eigenvalue weighted by Crippen LogP contribution is -2.51. The van der Waals surface area contributed by atoms with Gasteiger partial charge in [0.15, 0.2) is 0 Å². The van der Waals surface area contributed by atoms with Crippen molar-refractivity contribution in [2.75, 3.05) is 39.3 Å². The van der Waals surface area contributed by atoms with Gasteiger partial charge in [-0.25, -0.2) is 0 Å². The van der Waals surface area contributed by atoms with Crippen LogP contribution in [-0.4, -0.2) is 106 Å². The number of carbonyl (C=O) groups excluding carboxylic acids is 4. The van der Waals surface area contributed by atoms with Crippen LogP contribution >= 0.6 is 0 Å². The molecule has 0 aliphatic carbocycles. The molecule has 0 spiro atoms. The Hall–Kier alpha value is -2.80. The fourth-order valence-corrected chi connectivity index (χ4v) is 3.53. The Bertz CT molecular complexity index is 878. The summed E-state index contributed by atoms with van der Waals surface area (Å²) < 4.78 is 21.8. The molecule has 238 valence electrons. The van der Waals surface area contributed by atoms with Gasteiger partial charge in [0.05, 0.1) is 19.6 Å². The summed E-state index contributed by atoms with van der Waals surface area (Å²) in [5, 5.41) is 11.2. The second-order valence-electron chi connectivity index (χ2n) is 13.8. The van der Waals surface area contributed by atoms with Gasteiger partial charge >= 0.3 is 23.9 Å². The number of hydrogen-bond donors (Lipinski definition) is 0. The Morgan fingerprint density at radius 2 is 1.00 bits per heavy atom. The van der Waals surface area contributed by atoms with Crippen molar-refractivity contribution in [2.24, 2.45) is 0 Å². The zero-order valence-corrected chi connectivity index (χ0v) is 27.0. The largest absolute Gasteiger partial charge is 0.459 e. The van der Waals surface area contributed by atoms with Crippen molar-refractivity contribution in [3.63, 3.8) is 0 Å². The summed E-state index contributed by atoms with van der Waals surface area (Å²) in [6.45, 7) is 18.9. The summed E-state index contributed by atoms with van der Waals surface area (Å²) >= 11 is 0. The number of rotatable bonds is 14. The average Bonchev–Trinajstić information content (AvgIpc) is 2.65. The SMILES string of the molecule is CC(C)(C)OC(=O)CN(CCN(CC(=O)OC(C)(C)C)C(CC[N+](=O)[O-])C(=O)OC(C)(C)C)CC(=O)OC(C)(C)C. The molecule has 0 saturated carbocycles. The molecule has 0 rings (SSSR count). The average molecular weight is 590 g/mol. The van der Waals surface area contributed by atoms with Crippen LogP contribution < -0.4 is 0 Å². The van der Waals surface area contributed by atoms with Crippen LogP contribution in [0.4, 0.5) is 0 Å². The summed E-state index contributed by atoms with van der Waals surface area (Å²) in [5.74, 6) is -2.57. The summed E-state index contributed by atoms with van der Waals surface area (Å²) in [6, 6.07) is -1.17. The van der Waals surface area contributed by atoms with Gasteiger partial charge in [0, 0.05) is 24.4 Å². The molecule has 1 unspecified atom stereocenters. The van der Waals surface area contributed by atoms with E-state index >= 15 is 0 Å².